The Kier molecular flexibility index (Phi) is 5.80. The SMILES string of the molecule is CC[n+]1c(N=Nc2ccc(N(C)CCO)cc2)sc2cc(OC)ccc21. The minimum Gasteiger partial charge on any atom is -0.497 e. The number of aliphatic hydroxyl groups is 1. The van der Waals surface area contributed by atoms with E-state index in [1.807, 2.05) is 48.3 Å². The Morgan fingerprint density at radius 3 is 2.58 bits per heavy atom. The molecule has 0 aliphatic heterocycles. The molecule has 0 saturated heterocycles. The van der Waals surface area contributed by atoms with Gasteiger partial charge in [-0.25, -0.2) is 4.57 Å². The summed E-state index contributed by atoms with van der Waals surface area (Å²) >= 11 is 1.60. The highest BCUT2D eigenvalue weighted by Crippen LogP contribution is 2.30. The lowest BCUT2D eigenvalue weighted by Gasteiger charge is -2.17. The predicted molar refractivity (Wildman–Crippen MR) is 105 cm³/mol. The molecule has 1 N–H and O–H groups in total. The van der Waals surface area contributed by atoms with Crippen molar-refractivity contribution in [2.75, 3.05) is 32.2 Å². The molecule has 7 heteroatoms. The second-order valence-corrected chi connectivity index (χ2v) is 6.83. The van der Waals surface area contributed by atoms with Crippen molar-refractivity contribution >= 4 is 38.1 Å². The summed E-state index contributed by atoms with van der Waals surface area (Å²) in [6.07, 6.45) is 0. The Morgan fingerprint density at radius 2 is 1.92 bits per heavy atom. The molecule has 26 heavy (non-hydrogen) atoms. The zero-order valence-corrected chi connectivity index (χ0v) is 16.0. The van der Waals surface area contributed by atoms with E-state index in [0.29, 0.717) is 6.54 Å². The van der Waals surface area contributed by atoms with E-state index in [9.17, 15) is 0 Å². The third-order valence-electron chi connectivity index (χ3n) is 4.18. The summed E-state index contributed by atoms with van der Waals surface area (Å²) in [4.78, 5) is 1.99. The number of anilines is 1. The monoisotopic (exact) mass is 371 g/mol. The number of fused-ring (bicyclic) bond motifs is 1. The zero-order chi connectivity index (χ0) is 18.5. The fraction of sp³-hybridized carbons (Fsp3) is 0.316. The summed E-state index contributed by atoms with van der Waals surface area (Å²) in [5.74, 6) is 0.841. The smallest absolute Gasteiger partial charge is 0.409 e. The van der Waals surface area contributed by atoms with Crippen molar-refractivity contribution in [3.05, 3.63) is 42.5 Å². The minimum absolute atomic E-state index is 0.131. The average Bonchev–Trinajstić information content (AvgIpc) is 3.03. The van der Waals surface area contributed by atoms with E-state index in [0.717, 1.165) is 39.0 Å². The molecule has 6 nitrogen and oxygen atoms in total. The highest BCUT2D eigenvalue weighted by molar-refractivity contribution is 7.21. The lowest BCUT2D eigenvalue weighted by molar-refractivity contribution is -0.651. The number of ether oxygens (including phenoxy) is 1. The molecule has 0 spiro atoms. The van der Waals surface area contributed by atoms with E-state index < -0.39 is 0 Å². The molecule has 136 valence electrons. The molecule has 0 bridgehead atoms. The first-order valence-corrected chi connectivity index (χ1v) is 9.32. The summed E-state index contributed by atoms with van der Waals surface area (Å²) in [5.41, 5.74) is 2.97. The number of aromatic nitrogens is 1. The van der Waals surface area contributed by atoms with Crippen LogP contribution in [0.25, 0.3) is 10.2 Å². The first-order chi connectivity index (χ1) is 12.7. The minimum atomic E-state index is 0.131. The molecule has 0 unspecified atom stereocenters. The second-order valence-electron chi connectivity index (χ2n) is 5.82. The number of thiazole rings is 1. The molecule has 0 amide bonds. The Bertz CT molecular complexity index is 906. The van der Waals surface area contributed by atoms with E-state index in [1.165, 1.54) is 0 Å². The molecular formula is C19H23N4O2S+. The van der Waals surface area contributed by atoms with Crippen LogP contribution in [-0.4, -0.2) is 32.4 Å². The highest BCUT2D eigenvalue weighted by atomic mass is 32.1. The topological polar surface area (TPSA) is 61.3 Å². The molecule has 0 radical (unpaired) electrons. The number of hydrogen-bond donors (Lipinski definition) is 1. The Morgan fingerprint density at radius 1 is 1.15 bits per heavy atom. The lowest BCUT2D eigenvalue weighted by atomic mass is 10.2. The molecule has 1 aromatic heterocycles. The van der Waals surface area contributed by atoms with Crippen molar-refractivity contribution in [2.45, 2.75) is 13.5 Å². The molecule has 3 aromatic rings. The number of rotatable bonds is 7. The first kappa shape index (κ1) is 18.3. The van der Waals surface area contributed by atoms with Crippen molar-refractivity contribution in [1.82, 2.24) is 0 Å². The van der Waals surface area contributed by atoms with Crippen LogP contribution in [-0.2, 0) is 6.54 Å². The second kappa shape index (κ2) is 8.25. The third-order valence-corrected chi connectivity index (χ3v) is 5.21. The van der Waals surface area contributed by atoms with Crippen LogP contribution in [0.3, 0.4) is 0 Å². The third kappa shape index (κ3) is 3.84. The Hall–Kier alpha value is -2.51. The van der Waals surface area contributed by atoms with Gasteiger partial charge in [-0.1, -0.05) is 0 Å². The van der Waals surface area contributed by atoms with Crippen LogP contribution < -0.4 is 14.2 Å². The predicted octanol–water partition coefficient (Wildman–Crippen LogP) is 4.06. The Labute approximate surface area is 157 Å². The van der Waals surface area contributed by atoms with Gasteiger partial charge in [0.1, 0.15) is 17.0 Å². The van der Waals surface area contributed by atoms with Crippen molar-refractivity contribution in [3.63, 3.8) is 0 Å². The van der Waals surface area contributed by atoms with Crippen molar-refractivity contribution in [1.29, 1.82) is 0 Å². The van der Waals surface area contributed by atoms with Gasteiger partial charge in [0.25, 0.3) is 0 Å². The van der Waals surface area contributed by atoms with Gasteiger partial charge in [0.15, 0.2) is 0 Å². The number of nitrogens with zero attached hydrogens (tertiary/aromatic N) is 4. The summed E-state index contributed by atoms with van der Waals surface area (Å²) in [6.45, 7) is 3.65. The fourth-order valence-electron chi connectivity index (χ4n) is 2.72. The van der Waals surface area contributed by atoms with Crippen LogP contribution in [0.15, 0.2) is 52.7 Å². The maximum atomic E-state index is 9.02. The van der Waals surface area contributed by atoms with Gasteiger partial charge in [-0.3, -0.25) is 0 Å². The largest absolute Gasteiger partial charge is 0.497 e. The summed E-state index contributed by atoms with van der Waals surface area (Å²) in [7, 11) is 3.62. The van der Waals surface area contributed by atoms with Crippen LogP contribution in [0.4, 0.5) is 16.5 Å². The summed E-state index contributed by atoms with van der Waals surface area (Å²) in [5, 5.41) is 18.7. The molecule has 0 aliphatic carbocycles. The summed E-state index contributed by atoms with van der Waals surface area (Å²) < 4.78 is 8.58. The van der Waals surface area contributed by atoms with Gasteiger partial charge >= 0.3 is 5.13 Å². The Balaban J connectivity index is 1.85. The van der Waals surface area contributed by atoms with Gasteiger partial charge in [0.2, 0.25) is 0 Å². The van der Waals surface area contributed by atoms with Gasteiger partial charge in [0, 0.05) is 25.3 Å². The van der Waals surface area contributed by atoms with Crippen molar-refractivity contribution < 1.29 is 14.4 Å². The molecule has 0 fully saturated rings. The van der Waals surface area contributed by atoms with E-state index in [4.69, 9.17) is 9.84 Å². The molecule has 0 aliphatic rings. The van der Waals surface area contributed by atoms with E-state index in [1.54, 1.807) is 18.4 Å². The number of azo groups is 1. The van der Waals surface area contributed by atoms with Crippen LogP contribution in [0, 0.1) is 0 Å². The molecule has 0 atom stereocenters. The number of likely N-dealkylation sites (N-methyl/N-ethyl adjacent to an activating group) is 1. The molecule has 2 aromatic carbocycles. The zero-order valence-electron chi connectivity index (χ0n) is 15.2. The number of hydrogen-bond acceptors (Lipinski definition) is 6. The molecule has 0 saturated carbocycles. The lowest BCUT2D eigenvalue weighted by Crippen LogP contribution is -2.30. The quantitative estimate of drug-likeness (QED) is 0.503. The fourth-order valence-corrected chi connectivity index (χ4v) is 3.79. The van der Waals surface area contributed by atoms with Gasteiger partial charge in [-0.15, -0.1) is 0 Å². The number of aryl methyl sites for hydroxylation is 1. The van der Waals surface area contributed by atoms with Gasteiger partial charge in [-0.05, 0) is 59.8 Å². The van der Waals surface area contributed by atoms with Crippen molar-refractivity contribution in [2.24, 2.45) is 10.2 Å². The van der Waals surface area contributed by atoms with Gasteiger partial charge < -0.3 is 14.7 Å². The molecule has 1 heterocycles. The van der Waals surface area contributed by atoms with Crippen molar-refractivity contribution in [3.8, 4) is 5.75 Å². The maximum Gasteiger partial charge on any atom is 0.409 e. The van der Waals surface area contributed by atoms with Crippen LogP contribution in [0.2, 0.25) is 0 Å². The number of methoxy groups -OCH3 is 1. The average molecular weight is 371 g/mol. The summed E-state index contributed by atoms with van der Waals surface area (Å²) in [6, 6.07) is 13.9. The highest BCUT2D eigenvalue weighted by Gasteiger charge is 2.18. The van der Waals surface area contributed by atoms with Crippen LogP contribution in [0.1, 0.15) is 6.92 Å². The van der Waals surface area contributed by atoms with Gasteiger partial charge in [0.05, 0.1) is 30.1 Å². The van der Waals surface area contributed by atoms with E-state index in [2.05, 4.69) is 27.8 Å². The normalized spacial score (nSPS) is 11.4. The van der Waals surface area contributed by atoms with Crippen LogP contribution >= 0.6 is 11.3 Å². The first-order valence-electron chi connectivity index (χ1n) is 8.50. The number of benzene rings is 2. The number of aliphatic hydroxyl groups excluding tert-OH is 1. The van der Waals surface area contributed by atoms with E-state index >= 15 is 0 Å². The standard InChI is InChI=1S/C19H23N4O2S/c1-4-23-17-10-9-16(25-3)13-18(17)26-19(23)21-20-14-5-7-15(8-6-14)22(2)11-12-24/h5-10,13,24H,4,11-12H2,1-3H3/q+1. The maximum absolute atomic E-state index is 9.02. The van der Waals surface area contributed by atoms with Gasteiger partial charge in [-0.2, -0.15) is 0 Å². The van der Waals surface area contributed by atoms with Crippen LogP contribution in [0.5, 0.6) is 5.75 Å². The molecular weight excluding hydrogens is 348 g/mol. The molecule has 3 rings (SSSR count). The van der Waals surface area contributed by atoms with E-state index in [-0.39, 0.29) is 6.61 Å².